The van der Waals surface area contributed by atoms with Crippen LogP contribution in [0.25, 0.3) is 0 Å². The summed E-state index contributed by atoms with van der Waals surface area (Å²) in [6.07, 6.45) is 6.17. The molecule has 7 nitrogen and oxygen atoms in total. The molecule has 0 aliphatic heterocycles. The van der Waals surface area contributed by atoms with Gasteiger partial charge in [-0.25, -0.2) is 5.43 Å². The predicted molar refractivity (Wildman–Crippen MR) is 117 cm³/mol. The molecule has 30 heavy (non-hydrogen) atoms. The molecule has 0 atom stereocenters. The van der Waals surface area contributed by atoms with Crippen molar-refractivity contribution in [3.05, 3.63) is 52.0 Å². The summed E-state index contributed by atoms with van der Waals surface area (Å²) in [6.45, 7) is 2.25. The number of hydrogen-bond acceptors (Lipinski definition) is 5. The number of terminal acetylenes is 1. The zero-order valence-corrected chi connectivity index (χ0v) is 17.6. The molecule has 0 aliphatic rings. The number of carbonyl (C=O) groups excluding carboxylic acids is 2. The van der Waals surface area contributed by atoms with Crippen molar-refractivity contribution in [3.8, 4) is 23.8 Å². The third-order valence-corrected chi connectivity index (χ3v) is 4.02. The summed E-state index contributed by atoms with van der Waals surface area (Å²) >= 11 is 12.0. The van der Waals surface area contributed by atoms with Crippen molar-refractivity contribution in [2.24, 2.45) is 5.10 Å². The largest absolute Gasteiger partial charge is 0.490 e. The molecule has 0 unspecified atom stereocenters. The average Bonchev–Trinajstić information content (AvgIpc) is 2.69. The molecular weight excluding hydrogens is 429 g/mol. The molecule has 2 aromatic carbocycles. The van der Waals surface area contributed by atoms with E-state index in [1.54, 1.807) is 36.4 Å². The normalized spacial score (nSPS) is 10.3. The number of nitrogens with zero attached hydrogens (tertiary/aromatic N) is 1. The van der Waals surface area contributed by atoms with E-state index in [0.29, 0.717) is 34.4 Å². The first-order valence-corrected chi connectivity index (χ1v) is 9.58. The molecule has 0 radical (unpaired) electrons. The van der Waals surface area contributed by atoms with Gasteiger partial charge < -0.3 is 14.8 Å². The van der Waals surface area contributed by atoms with Crippen LogP contribution in [0.4, 0.5) is 5.69 Å². The summed E-state index contributed by atoms with van der Waals surface area (Å²) in [6, 6.07) is 9.75. The van der Waals surface area contributed by atoms with Gasteiger partial charge >= 0.3 is 0 Å². The molecule has 0 heterocycles. The highest BCUT2D eigenvalue weighted by atomic mass is 35.5. The van der Waals surface area contributed by atoms with E-state index < -0.39 is 18.2 Å². The van der Waals surface area contributed by atoms with Gasteiger partial charge in [0, 0.05) is 10.7 Å². The summed E-state index contributed by atoms with van der Waals surface area (Å²) in [5, 5.41) is 7.25. The predicted octanol–water partition coefficient (Wildman–Crippen LogP) is 3.88. The van der Waals surface area contributed by atoms with Crippen LogP contribution in [-0.2, 0) is 9.59 Å². The Bertz CT molecular complexity index is 969. The minimum Gasteiger partial charge on any atom is -0.490 e. The third kappa shape index (κ3) is 7.32. The SMILES string of the molecule is C#CCOc1c(Cl)cc(C=NNC(=O)CC(=O)Nc2ccc(Cl)cc2)cc1OCC. The lowest BCUT2D eigenvalue weighted by atomic mass is 10.2. The van der Waals surface area contributed by atoms with Gasteiger partial charge in [-0.05, 0) is 48.9 Å². The van der Waals surface area contributed by atoms with Gasteiger partial charge in [0.2, 0.25) is 11.8 Å². The number of benzene rings is 2. The first-order chi connectivity index (χ1) is 14.4. The Morgan fingerprint density at radius 3 is 2.57 bits per heavy atom. The summed E-state index contributed by atoms with van der Waals surface area (Å²) in [4.78, 5) is 23.8. The number of nitrogens with one attached hydrogen (secondary N) is 2. The smallest absolute Gasteiger partial charge is 0.249 e. The highest BCUT2D eigenvalue weighted by Gasteiger charge is 2.12. The lowest BCUT2D eigenvalue weighted by molar-refractivity contribution is -0.126. The van der Waals surface area contributed by atoms with E-state index in [4.69, 9.17) is 39.1 Å². The van der Waals surface area contributed by atoms with Crippen LogP contribution in [0.5, 0.6) is 11.5 Å². The minimum atomic E-state index is -0.581. The van der Waals surface area contributed by atoms with E-state index in [1.807, 2.05) is 6.92 Å². The van der Waals surface area contributed by atoms with Crippen LogP contribution in [0.1, 0.15) is 18.9 Å². The van der Waals surface area contributed by atoms with Gasteiger partial charge in [-0.2, -0.15) is 5.10 Å². The third-order valence-electron chi connectivity index (χ3n) is 3.48. The molecule has 2 amide bonds. The topological polar surface area (TPSA) is 89.0 Å². The molecule has 156 valence electrons. The fraction of sp³-hybridized carbons (Fsp3) is 0.190. The van der Waals surface area contributed by atoms with Crippen LogP contribution in [0.15, 0.2) is 41.5 Å². The second kappa shape index (κ2) is 11.7. The molecule has 0 spiro atoms. The van der Waals surface area contributed by atoms with E-state index in [2.05, 4.69) is 21.8 Å². The first kappa shape index (κ1) is 23.1. The molecule has 2 N–H and O–H groups in total. The van der Waals surface area contributed by atoms with E-state index in [1.165, 1.54) is 6.21 Å². The summed E-state index contributed by atoms with van der Waals surface area (Å²) in [7, 11) is 0. The zero-order chi connectivity index (χ0) is 21.9. The number of hydrogen-bond donors (Lipinski definition) is 2. The van der Waals surface area contributed by atoms with Gasteiger partial charge in [-0.15, -0.1) is 6.42 Å². The lowest BCUT2D eigenvalue weighted by Gasteiger charge is -2.12. The maximum atomic E-state index is 11.9. The lowest BCUT2D eigenvalue weighted by Crippen LogP contribution is -2.24. The number of ether oxygens (including phenoxy) is 2. The number of halogens is 2. The summed E-state index contributed by atoms with van der Waals surface area (Å²) in [5.74, 6) is 2.02. The van der Waals surface area contributed by atoms with Crippen molar-refractivity contribution in [2.45, 2.75) is 13.3 Å². The van der Waals surface area contributed by atoms with Gasteiger partial charge in [0.05, 0.1) is 17.8 Å². The van der Waals surface area contributed by atoms with Crippen molar-refractivity contribution < 1.29 is 19.1 Å². The second-order valence-corrected chi connectivity index (χ2v) is 6.62. The molecule has 9 heteroatoms. The molecule has 0 aromatic heterocycles. The van der Waals surface area contributed by atoms with Gasteiger partial charge in [-0.3, -0.25) is 9.59 Å². The molecule has 0 saturated heterocycles. The monoisotopic (exact) mass is 447 g/mol. The molecule has 2 rings (SSSR count). The van der Waals surface area contributed by atoms with Crippen LogP contribution in [0.3, 0.4) is 0 Å². The van der Waals surface area contributed by atoms with Crippen molar-refractivity contribution >= 4 is 46.9 Å². The Labute approximate surface area is 184 Å². The Morgan fingerprint density at radius 2 is 1.90 bits per heavy atom. The Morgan fingerprint density at radius 1 is 1.17 bits per heavy atom. The molecule has 0 fully saturated rings. The van der Waals surface area contributed by atoms with Crippen LogP contribution < -0.4 is 20.2 Å². The average molecular weight is 448 g/mol. The van der Waals surface area contributed by atoms with Crippen molar-refractivity contribution in [3.63, 3.8) is 0 Å². The van der Waals surface area contributed by atoms with Crippen LogP contribution in [0.2, 0.25) is 10.0 Å². The highest BCUT2D eigenvalue weighted by Crippen LogP contribution is 2.36. The van der Waals surface area contributed by atoms with Gasteiger partial charge in [0.1, 0.15) is 13.0 Å². The van der Waals surface area contributed by atoms with E-state index in [9.17, 15) is 9.59 Å². The van der Waals surface area contributed by atoms with Crippen LogP contribution in [0, 0.1) is 12.3 Å². The molecule has 2 aromatic rings. The van der Waals surface area contributed by atoms with Crippen molar-refractivity contribution in [1.82, 2.24) is 5.43 Å². The Hall–Kier alpha value is -3.21. The van der Waals surface area contributed by atoms with Crippen LogP contribution in [-0.4, -0.2) is 31.2 Å². The Balaban J connectivity index is 1.95. The van der Waals surface area contributed by atoms with E-state index in [-0.39, 0.29) is 11.6 Å². The summed E-state index contributed by atoms with van der Waals surface area (Å²) in [5.41, 5.74) is 3.37. The number of carbonyl (C=O) groups is 2. The number of hydrazone groups is 1. The van der Waals surface area contributed by atoms with E-state index in [0.717, 1.165) is 0 Å². The summed E-state index contributed by atoms with van der Waals surface area (Å²) < 4.78 is 10.9. The standard InChI is InChI=1S/C21H19Cl2N3O4/c1-3-9-30-21-17(23)10-14(11-18(21)29-4-2)13-24-26-20(28)12-19(27)25-16-7-5-15(22)6-8-16/h1,5-8,10-11,13H,4,9,12H2,2H3,(H,25,27)(H,26,28). The minimum absolute atomic E-state index is 0.0430. The second-order valence-electron chi connectivity index (χ2n) is 5.78. The van der Waals surface area contributed by atoms with E-state index >= 15 is 0 Å². The van der Waals surface area contributed by atoms with Crippen LogP contribution >= 0.6 is 23.2 Å². The quantitative estimate of drug-likeness (QED) is 0.264. The van der Waals surface area contributed by atoms with Gasteiger partial charge in [0.25, 0.3) is 0 Å². The maximum Gasteiger partial charge on any atom is 0.249 e. The Kier molecular flexibility index (Phi) is 9.01. The van der Waals surface area contributed by atoms with Gasteiger partial charge in [0.15, 0.2) is 11.5 Å². The highest BCUT2D eigenvalue weighted by molar-refractivity contribution is 6.32. The fourth-order valence-corrected chi connectivity index (χ4v) is 2.68. The number of amides is 2. The maximum absolute atomic E-state index is 11.9. The van der Waals surface area contributed by atoms with Gasteiger partial charge in [-0.1, -0.05) is 29.1 Å². The van der Waals surface area contributed by atoms with Crippen molar-refractivity contribution in [1.29, 1.82) is 0 Å². The number of rotatable bonds is 9. The van der Waals surface area contributed by atoms with Crippen molar-refractivity contribution in [2.75, 3.05) is 18.5 Å². The molecule has 0 aliphatic carbocycles. The number of anilines is 1. The fourth-order valence-electron chi connectivity index (χ4n) is 2.28. The zero-order valence-electron chi connectivity index (χ0n) is 16.1. The molecular formula is C21H19Cl2N3O4. The molecule has 0 bridgehead atoms. The molecule has 0 saturated carbocycles. The first-order valence-electron chi connectivity index (χ1n) is 8.82.